The van der Waals surface area contributed by atoms with Crippen molar-refractivity contribution in [2.45, 2.75) is 65.8 Å². The predicted molar refractivity (Wildman–Crippen MR) is 99.4 cm³/mol. The first-order valence-electron chi connectivity index (χ1n) is 9.31. The summed E-state index contributed by atoms with van der Waals surface area (Å²) in [6.45, 7) is 10.4. The molecule has 1 saturated heterocycles. The van der Waals surface area contributed by atoms with Gasteiger partial charge in [0.1, 0.15) is 5.75 Å². The van der Waals surface area contributed by atoms with Crippen LogP contribution in [-0.2, 0) is 17.9 Å². The van der Waals surface area contributed by atoms with Crippen molar-refractivity contribution in [1.29, 1.82) is 0 Å². The van der Waals surface area contributed by atoms with Gasteiger partial charge in [-0.2, -0.15) is 0 Å². The first-order valence-corrected chi connectivity index (χ1v) is 9.31. The first-order chi connectivity index (χ1) is 11.9. The lowest BCUT2D eigenvalue weighted by atomic mass is 9.98. The molecular formula is C20H32N2O3. The van der Waals surface area contributed by atoms with E-state index < -0.39 is 0 Å². The molecule has 1 fully saturated rings. The second-order valence-electron chi connectivity index (χ2n) is 7.32. The molecule has 5 nitrogen and oxygen atoms in total. The molecule has 1 amide bonds. The van der Waals surface area contributed by atoms with Gasteiger partial charge in [-0.1, -0.05) is 19.4 Å². The Bertz CT molecular complexity index is 574. The van der Waals surface area contributed by atoms with Crippen LogP contribution >= 0.6 is 0 Å². The fourth-order valence-electron chi connectivity index (χ4n) is 3.66. The van der Waals surface area contributed by atoms with Crippen molar-refractivity contribution in [2.75, 3.05) is 13.1 Å². The van der Waals surface area contributed by atoms with Crippen LogP contribution in [0.3, 0.4) is 0 Å². The van der Waals surface area contributed by atoms with Gasteiger partial charge >= 0.3 is 0 Å². The maximum absolute atomic E-state index is 11.5. The van der Waals surface area contributed by atoms with E-state index in [1.54, 1.807) is 6.92 Å². The van der Waals surface area contributed by atoms with E-state index in [1.165, 1.54) is 5.56 Å². The van der Waals surface area contributed by atoms with Crippen molar-refractivity contribution < 1.29 is 14.6 Å². The smallest absolute Gasteiger partial charge is 0.217 e. The number of hydrogen-bond acceptors (Lipinski definition) is 4. The third-order valence-corrected chi connectivity index (χ3v) is 4.63. The van der Waals surface area contributed by atoms with Gasteiger partial charge in [0.2, 0.25) is 5.91 Å². The molecule has 25 heavy (non-hydrogen) atoms. The largest absolute Gasteiger partial charge is 0.491 e. The summed E-state index contributed by atoms with van der Waals surface area (Å²) >= 11 is 0. The van der Waals surface area contributed by atoms with Gasteiger partial charge in [0.15, 0.2) is 0 Å². The molecule has 0 unspecified atom stereocenters. The highest BCUT2D eigenvalue weighted by Crippen LogP contribution is 2.26. The third-order valence-electron chi connectivity index (χ3n) is 4.63. The molecule has 0 saturated carbocycles. The zero-order chi connectivity index (χ0) is 18.4. The fraction of sp³-hybridized carbons (Fsp3) is 0.650. The van der Waals surface area contributed by atoms with Gasteiger partial charge in [0.25, 0.3) is 0 Å². The Balaban J connectivity index is 2.04. The van der Waals surface area contributed by atoms with Crippen molar-refractivity contribution in [2.24, 2.45) is 5.92 Å². The van der Waals surface area contributed by atoms with Gasteiger partial charge in [0, 0.05) is 38.2 Å². The number of hydrogen-bond donors (Lipinski definition) is 2. The summed E-state index contributed by atoms with van der Waals surface area (Å²) in [7, 11) is 0. The van der Waals surface area contributed by atoms with Gasteiger partial charge in [-0.05, 0) is 43.9 Å². The molecule has 5 heteroatoms. The van der Waals surface area contributed by atoms with E-state index in [-0.39, 0.29) is 24.7 Å². The number of carbonyl (C=O) groups is 1. The minimum absolute atomic E-state index is 0.0249. The van der Waals surface area contributed by atoms with Crippen molar-refractivity contribution in [1.82, 2.24) is 10.2 Å². The molecular weight excluding hydrogens is 316 g/mol. The molecule has 0 radical (unpaired) electrons. The second kappa shape index (κ2) is 9.20. The summed E-state index contributed by atoms with van der Waals surface area (Å²) < 4.78 is 5.75. The number of likely N-dealkylation sites (tertiary alicyclic amines) is 1. The average Bonchev–Trinajstić information content (AvgIpc) is 2.89. The number of nitrogens with one attached hydrogen (secondary N) is 1. The van der Waals surface area contributed by atoms with Crippen molar-refractivity contribution >= 4 is 5.91 Å². The molecule has 1 aromatic rings. The molecule has 0 aromatic heterocycles. The van der Waals surface area contributed by atoms with Crippen molar-refractivity contribution in [3.8, 4) is 5.75 Å². The molecule has 1 aromatic carbocycles. The Morgan fingerprint density at radius 1 is 1.40 bits per heavy atom. The monoisotopic (exact) mass is 348 g/mol. The third kappa shape index (κ3) is 5.72. The molecule has 2 N–H and O–H groups in total. The van der Waals surface area contributed by atoms with Crippen LogP contribution in [0.15, 0.2) is 18.2 Å². The SMILES string of the molecule is CCC[C@@H]1CN(Cc2ccc(OC(C)C)c(CO)c2)C[C@H]1NC(C)=O. The van der Waals surface area contributed by atoms with Gasteiger partial charge < -0.3 is 15.2 Å². The molecule has 0 aliphatic carbocycles. The van der Waals surface area contributed by atoms with Crippen LogP contribution in [0, 0.1) is 5.92 Å². The molecule has 0 spiro atoms. The minimum Gasteiger partial charge on any atom is -0.491 e. The van der Waals surface area contributed by atoms with Crippen molar-refractivity contribution in [3.63, 3.8) is 0 Å². The lowest BCUT2D eigenvalue weighted by Crippen LogP contribution is -2.39. The summed E-state index contributed by atoms with van der Waals surface area (Å²) in [6, 6.07) is 6.28. The quantitative estimate of drug-likeness (QED) is 0.758. The minimum atomic E-state index is -0.0249. The zero-order valence-electron chi connectivity index (χ0n) is 15.9. The number of nitrogens with zero attached hydrogens (tertiary/aromatic N) is 1. The van der Waals surface area contributed by atoms with E-state index in [2.05, 4.69) is 23.2 Å². The average molecular weight is 348 g/mol. The number of amides is 1. The van der Waals surface area contributed by atoms with Crippen LogP contribution in [0.2, 0.25) is 0 Å². The topological polar surface area (TPSA) is 61.8 Å². The Hall–Kier alpha value is -1.59. The standard InChI is InChI=1S/C20H32N2O3/c1-5-6-17-11-22(12-19(17)21-15(4)24)10-16-7-8-20(25-14(2)3)18(9-16)13-23/h7-9,14,17,19,23H,5-6,10-13H2,1-4H3,(H,21,24)/t17-,19-/m1/s1. The first kappa shape index (κ1) is 19.7. The number of benzene rings is 1. The molecule has 2 atom stereocenters. The lowest BCUT2D eigenvalue weighted by molar-refractivity contribution is -0.119. The van der Waals surface area contributed by atoms with Gasteiger partial charge in [-0.25, -0.2) is 0 Å². The second-order valence-corrected chi connectivity index (χ2v) is 7.32. The van der Waals surface area contributed by atoms with E-state index >= 15 is 0 Å². The van der Waals surface area contributed by atoms with Crippen LogP contribution in [0.25, 0.3) is 0 Å². The summed E-state index contributed by atoms with van der Waals surface area (Å²) in [5.41, 5.74) is 1.99. The van der Waals surface area contributed by atoms with Crippen LogP contribution < -0.4 is 10.1 Å². The highest BCUT2D eigenvalue weighted by atomic mass is 16.5. The summed E-state index contributed by atoms with van der Waals surface area (Å²) in [4.78, 5) is 13.8. The molecule has 1 heterocycles. The van der Waals surface area contributed by atoms with Crippen molar-refractivity contribution in [3.05, 3.63) is 29.3 Å². The number of rotatable bonds is 8. The summed E-state index contributed by atoms with van der Waals surface area (Å²) in [6.07, 6.45) is 2.34. The maximum atomic E-state index is 11.5. The molecule has 1 aliphatic rings. The fourth-order valence-corrected chi connectivity index (χ4v) is 3.66. The highest BCUT2D eigenvalue weighted by molar-refractivity contribution is 5.73. The molecule has 1 aliphatic heterocycles. The Labute approximate surface area is 151 Å². The van der Waals surface area contributed by atoms with Crippen LogP contribution in [-0.4, -0.2) is 41.1 Å². The van der Waals surface area contributed by atoms with Gasteiger partial charge in [0.05, 0.1) is 12.7 Å². The van der Waals surface area contributed by atoms with E-state index in [1.807, 2.05) is 26.0 Å². The molecule has 140 valence electrons. The van der Waals surface area contributed by atoms with Crippen LogP contribution in [0.1, 0.15) is 51.7 Å². The number of carbonyl (C=O) groups excluding carboxylic acids is 1. The normalized spacial score (nSPS) is 20.9. The summed E-state index contributed by atoms with van der Waals surface area (Å²) in [5.74, 6) is 1.31. The highest BCUT2D eigenvalue weighted by Gasteiger charge is 2.32. The summed E-state index contributed by atoms with van der Waals surface area (Å²) in [5, 5.41) is 12.7. The van der Waals surface area contributed by atoms with E-state index in [4.69, 9.17) is 4.74 Å². The van der Waals surface area contributed by atoms with E-state index in [9.17, 15) is 9.90 Å². The van der Waals surface area contributed by atoms with E-state index in [0.717, 1.165) is 43.8 Å². The van der Waals surface area contributed by atoms with Gasteiger partial charge in [-0.15, -0.1) is 0 Å². The maximum Gasteiger partial charge on any atom is 0.217 e. The predicted octanol–water partition coefficient (Wildman–Crippen LogP) is 2.70. The lowest BCUT2D eigenvalue weighted by Gasteiger charge is -2.18. The number of ether oxygens (including phenoxy) is 1. The van der Waals surface area contributed by atoms with Crippen LogP contribution in [0.4, 0.5) is 0 Å². The Morgan fingerprint density at radius 3 is 2.76 bits per heavy atom. The number of aliphatic hydroxyl groups excluding tert-OH is 1. The number of aliphatic hydroxyl groups is 1. The van der Waals surface area contributed by atoms with Crippen LogP contribution in [0.5, 0.6) is 5.75 Å². The van der Waals surface area contributed by atoms with Gasteiger partial charge in [-0.3, -0.25) is 9.69 Å². The molecule has 2 rings (SSSR count). The zero-order valence-corrected chi connectivity index (χ0v) is 15.9. The Kier molecular flexibility index (Phi) is 7.26. The van der Waals surface area contributed by atoms with E-state index in [0.29, 0.717) is 5.92 Å². The molecule has 0 bridgehead atoms. The Morgan fingerprint density at radius 2 is 2.16 bits per heavy atom.